The fraction of sp³-hybridized carbons (Fsp3) is 0.909. The van der Waals surface area contributed by atoms with Crippen LogP contribution in [0.1, 0.15) is 25.7 Å². The van der Waals surface area contributed by atoms with Gasteiger partial charge < -0.3 is 10.0 Å². The van der Waals surface area contributed by atoms with Crippen LogP contribution in [0.2, 0.25) is 0 Å². The molecule has 0 aromatic heterocycles. The SMILES string of the molecule is N#CN1CCC(C2CC2CCO)CC1. The number of nitrogens with zero attached hydrogens (tertiary/aromatic N) is 2. The van der Waals surface area contributed by atoms with Gasteiger partial charge in [0, 0.05) is 19.7 Å². The molecule has 1 saturated heterocycles. The third kappa shape index (κ3) is 2.01. The van der Waals surface area contributed by atoms with Gasteiger partial charge in [0.1, 0.15) is 0 Å². The molecule has 1 aliphatic carbocycles. The van der Waals surface area contributed by atoms with Crippen LogP contribution in [0, 0.1) is 29.2 Å². The van der Waals surface area contributed by atoms with Crippen LogP contribution >= 0.6 is 0 Å². The molecule has 78 valence electrons. The molecular weight excluding hydrogens is 176 g/mol. The van der Waals surface area contributed by atoms with Crippen molar-refractivity contribution in [2.75, 3.05) is 19.7 Å². The third-order valence-corrected chi connectivity index (χ3v) is 3.76. The van der Waals surface area contributed by atoms with Crippen molar-refractivity contribution < 1.29 is 5.11 Å². The Balaban J connectivity index is 1.73. The molecule has 1 aliphatic heterocycles. The molecule has 1 N–H and O–H groups in total. The lowest BCUT2D eigenvalue weighted by molar-refractivity contribution is 0.219. The molecule has 0 spiro atoms. The molecule has 3 heteroatoms. The number of aliphatic hydroxyl groups is 1. The van der Waals surface area contributed by atoms with E-state index in [1.165, 1.54) is 19.3 Å². The normalized spacial score (nSPS) is 32.7. The summed E-state index contributed by atoms with van der Waals surface area (Å²) in [5, 5.41) is 17.5. The molecule has 1 saturated carbocycles. The molecule has 2 atom stereocenters. The summed E-state index contributed by atoms with van der Waals surface area (Å²) in [4.78, 5) is 1.86. The first-order chi connectivity index (χ1) is 6.85. The summed E-state index contributed by atoms with van der Waals surface area (Å²) >= 11 is 0. The lowest BCUT2D eigenvalue weighted by atomic mass is 9.91. The summed E-state index contributed by atoms with van der Waals surface area (Å²) in [5.74, 6) is 2.48. The summed E-state index contributed by atoms with van der Waals surface area (Å²) in [6, 6.07) is 0. The van der Waals surface area contributed by atoms with Crippen molar-refractivity contribution in [2.45, 2.75) is 25.7 Å². The van der Waals surface area contributed by atoms with Crippen LogP contribution in [0.15, 0.2) is 0 Å². The van der Waals surface area contributed by atoms with E-state index < -0.39 is 0 Å². The van der Waals surface area contributed by atoms with Gasteiger partial charge >= 0.3 is 0 Å². The molecule has 2 fully saturated rings. The van der Waals surface area contributed by atoms with Gasteiger partial charge in [0.05, 0.1) is 0 Å². The molecular formula is C11H18N2O. The fourth-order valence-electron chi connectivity index (χ4n) is 2.77. The summed E-state index contributed by atoms with van der Waals surface area (Å²) in [6.45, 7) is 2.24. The van der Waals surface area contributed by atoms with Crippen LogP contribution in [0.5, 0.6) is 0 Å². The van der Waals surface area contributed by atoms with Gasteiger partial charge in [-0.15, -0.1) is 0 Å². The maximum atomic E-state index is 8.82. The Hall–Kier alpha value is -0.750. The number of aliphatic hydroxyl groups excluding tert-OH is 1. The van der Waals surface area contributed by atoms with Gasteiger partial charge in [-0.3, -0.25) is 0 Å². The van der Waals surface area contributed by atoms with Crippen LogP contribution in [0.25, 0.3) is 0 Å². The highest BCUT2D eigenvalue weighted by molar-refractivity contribution is 4.94. The van der Waals surface area contributed by atoms with Crippen molar-refractivity contribution in [2.24, 2.45) is 17.8 Å². The highest BCUT2D eigenvalue weighted by atomic mass is 16.3. The number of hydrogen-bond donors (Lipinski definition) is 1. The van der Waals surface area contributed by atoms with Gasteiger partial charge in [0.25, 0.3) is 0 Å². The summed E-state index contributed by atoms with van der Waals surface area (Å²) < 4.78 is 0. The van der Waals surface area contributed by atoms with Crippen molar-refractivity contribution in [1.29, 1.82) is 5.26 Å². The van der Waals surface area contributed by atoms with Crippen molar-refractivity contribution in [3.8, 4) is 6.19 Å². The second-order valence-corrected chi connectivity index (χ2v) is 4.60. The van der Waals surface area contributed by atoms with Gasteiger partial charge in [-0.25, -0.2) is 0 Å². The van der Waals surface area contributed by atoms with Crippen LogP contribution in [0.3, 0.4) is 0 Å². The Morgan fingerprint density at radius 1 is 1.36 bits per heavy atom. The molecule has 2 unspecified atom stereocenters. The molecule has 3 nitrogen and oxygen atoms in total. The number of nitriles is 1. The Morgan fingerprint density at radius 2 is 2.07 bits per heavy atom. The van der Waals surface area contributed by atoms with E-state index in [9.17, 15) is 0 Å². The van der Waals surface area contributed by atoms with E-state index in [0.29, 0.717) is 6.61 Å². The Morgan fingerprint density at radius 3 is 2.64 bits per heavy atom. The molecule has 0 aromatic rings. The number of hydrogen-bond acceptors (Lipinski definition) is 3. The minimum Gasteiger partial charge on any atom is -0.396 e. The van der Waals surface area contributed by atoms with Gasteiger partial charge in [-0.1, -0.05) is 0 Å². The molecule has 0 radical (unpaired) electrons. The standard InChI is InChI=1S/C11H18N2O/c12-8-13-4-1-9(2-5-13)11-7-10(11)3-6-14/h9-11,14H,1-7H2. The third-order valence-electron chi connectivity index (χ3n) is 3.76. The monoisotopic (exact) mass is 194 g/mol. The van der Waals surface area contributed by atoms with E-state index in [1.807, 2.05) is 4.90 Å². The maximum Gasteiger partial charge on any atom is 0.179 e. The number of piperidine rings is 1. The highest BCUT2D eigenvalue weighted by Crippen LogP contribution is 2.49. The fourth-order valence-corrected chi connectivity index (χ4v) is 2.77. The van der Waals surface area contributed by atoms with Crippen molar-refractivity contribution in [1.82, 2.24) is 4.90 Å². The Kier molecular flexibility index (Phi) is 2.93. The predicted octanol–water partition coefficient (Wildman–Crippen LogP) is 1.20. The van der Waals surface area contributed by atoms with Gasteiger partial charge in [-0.2, -0.15) is 5.26 Å². The molecule has 2 rings (SSSR count). The van der Waals surface area contributed by atoms with Gasteiger partial charge in [-0.05, 0) is 43.4 Å². The average molecular weight is 194 g/mol. The van der Waals surface area contributed by atoms with E-state index >= 15 is 0 Å². The average Bonchev–Trinajstić information content (AvgIpc) is 2.98. The smallest absolute Gasteiger partial charge is 0.179 e. The summed E-state index contributed by atoms with van der Waals surface area (Å²) in [6.07, 6.45) is 6.88. The lowest BCUT2D eigenvalue weighted by Crippen LogP contribution is -2.30. The van der Waals surface area contributed by atoms with Gasteiger partial charge in [0.15, 0.2) is 6.19 Å². The highest BCUT2D eigenvalue weighted by Gasteiger charge is 2.42. The Labute approximate surface area is 85.3 Å². The van der Waals surface area contributed by atoms with Crippen LogP contribution in [0.4, 0.5) is 0 Å². The van der Waals surface area contributed by atoms with Crippen LogP contribution < -0.4 is 0 Å². The Bertz CT molecular complexity index is 228. The predicted molar refractivity (Wildman–Crippen MR) is 53.2 cm³/mol. The van der Waals surface area contributed by atoms with Crippen molar-refractivity contribution >= 4 is 0 Å². The molecule has 0 bridgehead atoms. The summed E-state index contributed by atoms with van der Waals surface area (Å²) in [5.41, 5.74) is 0. The lowest BCUT2D eigenvalue weighted by Gasteiger charge is -2.28. The minimum absolute atomic E-state index is 0.345. The second-order valence-electron chi connectivity index (χ2n) is 4.60. The van der Waals surface area contributed by atoms with Gasteiger partial charge in [0.2, 0.25) is 0 Å². The topological polar surface area (TPSA) is 47.3 Å². The van der Waals surface area contributed by atoms with E-state index in [-0.39, 0.29) is 0 Å². The van der Waals surface area contributed by atoms with E-state index in [0.717, 1.165) is 37.3 Å². The minimum atomic E-state index is 0.345. The van der Waals surface area contributed by atoms with Crippen LogP contribution in [-0.4, -0.2) is 29.7 Å². The first-order valence-electron chi connectivity index (χ1n) is 5.60. The van der Waals surface area contributed by atoms with E-state index in [2.05, 4.69) is 6.19 Å². The number of rotatable bonds is 3. The second kappa shape index (κ2) is 4.18. The zero-order valence-corrected chi connectivity index (χ0v) is 8.52. The quantitative estimate of drug-likeness (QED) is 0.687. The zero-order valence-electron chi connectivity index (χ0n) is 8.52. The maximum absolute atomic E-state index is 8.82. The summed E-state index contributed by atoms with van der Waals surface area (Å²) in [7, 11) is 0. The zero-order chi connectivity index (χ0) is 9.97. The molecule has 2 aliphatic rings. The molecule has 0 aromatic carbocycles. The molecule has 14 heavy (non-hydrogen) atoms. The first-order valence-corrected chi connectivity index (χ1v) is 5.60. The van der Waals surface area contributed by atoms with E-state index in [4.69, 9.17) is 10.4 Å². The van der Waals surface area contributed by atoms with Crippen LogP contribution in [-0.2, 0) is 0 Å². The first kappa shape index (κ1) is 9.79. The number of likely N-dealkylation sites (tertiary alicyclic amines) is 1. The van der Waals surface area contributed by atoms with Crippen molar-refractivity contribution in [3.63, 3.8) is 0 Å². The molecule has 0 amide bonds. The van der Waals surface area contributed by atoms with Crippen molar-refractivity contribution in [3.05, 3.63) is 0 Å². The molecule has 1 heterocycles. The largest absolute Gasteiger partial charge is 0.396 e. The van der Waals surface area contributed by atoms with E-state index in [1.54, 1.807) is 0 Å².